The Morgan fingerprint density at radius 2 is 1.84 bits per heavy atom. The van der Waals surface area contributed by atoms with Crippen molar-refractivity contribution in [3.8, 4) is 0 Å². The van der Waals surface area contributed by atoms with Gasteiger partial charge in [0.2, 0.25) is 5.91 Å². The van der Waals surface area contributed by atoms with Gasteiger partial charge in [-0.3, -0.25) is 4.79 Å². The summed E-state index contributed by atoms with van der Waals surface area (Å²) < 4.78 is 0. The fraction of sp³-hybridized carbons (Fsp3) is 0.500. The fourth-order valence-electron chi connectivity index (χ4n) is 2.58. The minimum Gasteiger partial charge on any atom is -0.345 e. The van der Waals surface area contributed by atoms with Gasteiger partial charge in [-0.1, -0.05) is 36.6 Å². The molecule has 19 heavy (non-hydrogen) atoms. The predicted molar refractivity (Wildman–Crippen MR) is 80.6 cm³/mol. The van der Waals surface area contributed by atoms with Gasteiger partial charge in [-0.2, -0.15) is 0 Å². The Balaban J connectivity index is 0.00000180. The standard InChI is InChI=1S/C14H19ClN2O.ClH/c1-10(16)13(18)17-14(8-2-3-9-14)11-4-6-12(15)7-5-11;/h4-7,10H,2-3,8-9,16H2,1H3,(H,17,18);1H/t10-;/m0./s1. The molecule has 1 amide bonds. The number of hydrogen-bond acceptors (Lipinski definition) is 2. The molecule has 1 fully saturated rings. The van der Waals surface area contributed by atoms with E-state index in [1.54, 1.807) is 6.92 Å². The third-order valence-corrected chi connectivity index (χ3v) is 3.88. The van der Waals surface area contributed by atoms with E-state index in [2.05, 4.69) is 5.32 Å². The monoisotopic (exact) mass is 302 g/mol. The number of hydrogen-bond donors (Lipinski definition) is 2. The summed E-state index contributed by atoms with van der Waals surface area (Å²) in [7, 11) is 0. The molecule has 1 aromatic rings. The van der Waals surface area contributed by atoms with E-state index in [1.807, 2.05) is 24.3 Å². The van der Waals surface area contributed by atoms with E-state index < -0.39 is 6.04 Å². The predicted octanol–water partition coefficient (Wildman–Crippen LogP) is 2.99. The van der Waals surface area contributed by atoms with Crippen LogP contribution in [0, 0.1) is 0 Å². The second-order valence-corrected chi connectivity index (χ2v) is 5.51. The van der Waals surface area contributed by atoms with Crippen LogP contribution < -0.4 is 11.1 Å². The van der Waals surface area contributed by atoms with E-state index in [4.69, 9.17) is 17.3 Å². The highest BCUT2D eigenvalue weighted by Gasteiger charge is 2.37. The quantitative estimate of drug-likeness (QED) is 0.902. The number of nitrogens with two attached hydrogens (primary N) is 1. The molecule has 3 N–H and O–H groups in total. The van der Waals surface area contributed by atoms with Crippen LogP contribution >= 0.6 is 24.0 Å². The molecule has 106 valence electrons. The van der Waals surface area contributed by atoms with Gasteiger partial charge in [0.05, 0.1) is 11.6 Å². The summed E-state index contributed by atoms with van der Waals surface area (Å²) in [6, 6.07) is 7.25. The van der Waals surface area contributed by atoms with Crippen molar-refractivity contribution in [3.05, 3.63) is 34.9 Å². The van der Waals surface area contributed by atoms with Crippen LogP contribution in [0.5, 0.6) is 0 Å². The van der Waals surface area contributed by atoms with Gasteiger partial charge in [-0.15, -0.1) is 12.4 Å². The van der Waals surface area contributed by atoms with E-state index in [1.165, 1.54) is 0 Å². The largest absolute Gasteiger partial charge is 0.345 e. The van der Waals surface area contributed by atoms with E-state index >= 15 is 0 Å². The molecule has 1 atom stereocenters. The van der Waals surface area contributed by atoms with Crippen LogP contribution in [0.25, 0.3) is 0 Å². The normalized spacial score (nSPS) is 18.5. The van der Waals surface area contributed by atoms with Crippen molar-refractivity contribution < 1.29 is 4.79 Å². The highest BCUT2D eigenvalue weighted by Crippen LogP contribution is 2.39. The zero-order chi connectivity index (χ0) is 13.2. The molecule has 0 aromatic heterocycles. The molecule has 1 aromatic carbocycles. The smallest absolute Gasteiger partial charge is 0.237 e. The molecule has 3 nitrogen and oxygen atoms in total. The molecular formula is C14H20Cl2N2O. The number of rotatable bonds is 3. The lowest BCUT2D eigenvalue weighted by atomic mass is 9.88. The van der Waals surface area contributed by atoms with Crippen molar-refractivity contribution in [2.24, 2.45) is 5.73 Å². The van der Waals surface area contributed by atoms with Crippen molar-refractivity contribution in [3.63, 3.8) is 0 Å². The minimum atomic E-state index is -0.477. The molecule has 0 unspecified atom stereocenters. The van der Waals surface area contributed by atoms with Gasteiger partial charge in [0.15, 0.2) is 0 Å². The Kier molecular flexibility index (Phi) is 5.65. The number of carbonyl (C=O) groups is 1. The van der Waals surface area contributed by atoms with E-state index in [0.717, 1.165) is 31.2 Å². The number of nitrogens with one attached hydrogen (secondary N) is 1. The highest BCUT2D eigenvalue weighted by atomic mass is 35.5. The van der Waals surface area contributed by atoms with Gasteiger partial charge in [0.25, 0.3) is 0 Å². The van der Waals surface area contributed by atoms with Crippen LogP contribution in [-0.2, 0) is 10.3 Å². The second-order valence-electron chi connectivity index (χ2n) is 5.07. The third-order valence-electron chi connectivity index (χ3n) is 3.63. The molecule has 0 radical (unpaired) electrons. The summed E-state index contributed by atoms with van der Waals surface area (Å²) in [5.41, 5.74) is 6.51. The summed E-state index contributed by atoms with van der Waals surface area (Å²) >= 11 is 5.91. The highest BCUT2D eigenvalue weighted by molar-refractivity contribution is 6.30. The Hall–Kier alpha value is -0.770. The zero-order valence-electron chi connectivity index (χ0n) is 11.0. The molecule has 0 spiro atoms. The average Bonchev–Trinajstić information content (AvgIpc) is 2.79. The molecule has 0 heterocycles. The molecule has 0 saturated heterocycles. The topological polar surface area (TPSA) is 55.1 Å². The van der Waals surface area contributed by atoms with Crippen LogP contribution in [0.1, 0.15) is 38.2 Å². The molecule has 2 rings (SSSR count). The number of carbonyl (C=O) groups excluding carboxylic acids is 1. The summed E-state index contributed by atoms with van der Waals surface area (Å²) in [5, 5.41) is 3.83. The van der Waals surface area contributed by atoms with Crippen LogP contribution in [-0.4, -0.2) is 11.9 Å². The molecular weight excluding hydrogens is 283 g/mol. The van der Waals surface area contributed by atoms with Gasteiger partial charge in [0.1, 0.15) is 0 Å². The Morgan fingerprint density at radius 1 is 1.32 bits per heavy atom. The first-order valence-electron chi connectivity index (χ1n) is 6.37. The maximum atomic E-state index is 11.9. The van der Waals surface area contributed by atoms with Crippen molar-refractivity contribution in [1.29, 1.82) is 0 Å². The first kappa shape index (κ1) is 16.3. The Morgan fingerprint density at radius 3 is 2.32 bits per heavy atom. The van der Waals surface area contributed by atoms with Gasteiger partial charge < -0.3 is 11.1 Å². The van der Waals surface area contributed by atoms with Crippen LogP contribution in [0.15, 0.2) is 24.3 Å². The van der Waals surface area contributed by atoms with Crippen molar-refractivity contribution in [2.75, 3.05) is 0 Å². The van der Waals surface area contributed by atoms with E-state index in [0.29, 0.717) is 5.02 Å². The van der Waals surface area contributed by atoms with Gasteiger partial charge in [-0.05, 0) is 37.5 Å². The maximum Gasteiger partial charge on any atom is 0.237 e. The van der Waals surface area contributed by atoms with E-state index in [9.17, 15) is 4.79 Å². The summed E-state index contributed by atoms with van der Waals surface area (Å²) in [4.78, 5) is 11.9. The summed E-state index contributed by atoms with van der Waals surface area (Å²) in [5.74, 6) is -0.0909. The number of benzene rings is 1. The van der Waals surface area contributed by atoms with Crippen LogP contribution in [0.3, 0.4) is 0 Å². The van der Waals surface area contributed by atoms with Crippen LogP contribution in [0.2, 0.25) is 5.02 Å². The molecule has 1 aliphatic carbocycles. The van der Waals surface area contributed by atoms with Crippen molar-refractivity contribution in [1.82, 2.24) is 5.32 Å². The molecule has 0 bridgehead atoms. The first-order chi connectivity index (χ1) is 8.53. The van der Waals surface area contributed by atoms with Gasteiger partial charge in [0, 0.05) is 5.02 Å². The Labute approximate surface area is 125 Å². The minimum absolute atomic E-state index is 0. The molecule has 1 saturated carbocycles. The van der Waals surface area contributed by atoms with Gasteiger partial charge >= 0.3 is 0 Å². The van der Waals surface area contributed by atoms with Crippen LogP contribution in [0.4, 0.5) is 0 Å². The molecule has 0 aliphatic heterocycles. The summed E-state index contributed by atoms with van der Waals surface area (Å²) in [6.45, 7) is 1.71. The molecule has 5 heteroatoms. The first-order valence-corrected chi connectivity index (χ1v) is 6.75. The average molecular weight is 303 g/mol. The van der Waals surface area contributed by atoms with Gasteiger partial charge in [-0.25, -0.2) is 0 Å². The molecule has 1 aliphatic rings. The summed E-state index contributed by atoms with van der Waals surface area (Å²) in [6.07, 6.45) is 4.18. The fourth-order valence-corrected chi connectivity index (χ4v) is 2.71. The lowest BCUT2D eigenvalue weighted by molar-refractivity contribution is -0.124. The van der Waals surface area contributed by atoms with Crippen molar-refractivity contribution >= 4 is 29.9 Å². The third kappa shape index (κ3) is 3.62. The van der Waals surface area contributed by atoms with E-state index in [-0.39, 0.29) is 23.9 Å². The second kappa shape index (κ2) is 6.60. The SMILES string of the molecule is C[C@H](N)C(=O)NC1(c2ccc(Cl)cc2)CCCC1.Cl. The number of amides is 1. The maximum absolute atomic E-state index is 11.9. The van der Waals surface area contributed by atoms with Crippen molar-refractivity contribution in [2.45, 2.75) is 44.2 Å². The lowest BCUT2D eigenvalue weighted by Crippen LogP contribution is -2.49. The lowest BCUT2D eigenvalue weighted by Gasteiger charge is -2.32. The Bertz CT molecular complexity index is 426. The number of halogens is 2. The zero-order valence-corrected chi connectivity index (χ0v) is 12.6.